The number of aromatic amines is 1. The van der Waals surface area contributed by atoms with Crippen LogP contribution in [0.4, 0.5) is 14.5 Å². The van der Waals surface area contributed by atoms with Crippen molar-refractivity contribution >= 4 is 44.3 Å². The second kappa shape index (κ2) is 9.38. The minimum absolute atomic E-state index is 0.0965. The molecule has 0 spiro atoms. The number of nitrogens with zero attached hydrogens (tertiary/aromatic N) is 1. The number of fused-ring (bicyclic) bond motifs is 2. The molecule has 35 heavy (non-hydrogen) atoms. The summed E-state index contributed by atoms with van der Waals surface area (Å²) < 4.78 is 44.5. The average molecular weight is 490 g/mol. The van der Waals surface area contributed by atoms with Gasteiger partial charge in [0.25, 0.3) is 0 Å². The summed E-state index contributed by atoms with van der Waals surface area (Å²) in [7, 11) is -1.54. The normalized spacial score (nSPS) is 12.2. The molecule has 5 aromatic rings. The van der Waals surface area contributed by atoms with Gasteiger partial charge in [0.15, 0.2) is 5.82 Å². The third kappa shape index (κ3) is 4.21. The van der Waals surface area contributed by atoms with Gasteiger partial charge in [-0.3, -0.25) is 4.79 Å². The van der Waals surface area contributed by atoms with Crippen molar-refractivity contribution in [2.24, 2.45) is 0 Å². The molecule has 176 valence electrons. The van der Waals surface area contributed by atoms with Crippen molar-refractivity contribution in [1.82, 2.24) is 9.97 Å². The Morgan fingerprint density at radius 3 is 2.69 bits per heavy atom. The lowest BCUT2D eigenvalue weighted by Gasteiger charge is -2.11. The molecule has 5 nitrogen and oxygen atoms in total. The van der Waals surface area contributed by atoms with E-state index in [0.29, 0.717) is 23.2 Å². The molecule has 0 saturated heterocycles. The molecule has 0 radical (unpaired) electrons. The lowest BCUT2D eigenvalue weighted by atomic mass is 9.97. The van der Waals surface area contributed by atoms with E-state index in [1.54, 1.807) is 12.3 Å². The third-order valence-corrected chi connectivity index (χ3v) is 7.03. The van der Waals surface area contributed by atoms with Crippen LogP contribution in [0.3, 0.4) is 0 Å². The highest BCUT2D eigenvalue weighted by molar-refractivity contribution is 7.86. The molecule has 0 bridgehead atoms. The highest BCUT2D eigenvalue weighted by Gasteiger charge is 2.25. The van der Waals surface area contributed by atoms with Gasteiger partial charge >= 0.3 is 0 Å². The van der Waals surface area contributed by atoms with Gasteiger partial charge < -0.3 is 9.71 Å². The summed E-state index contributed by atoms with van der Waals surface area (Å²) in [6, 6.07) is 17.8. The number of rotatable bonds is 7. The van der Waals surface area contributed by atoms with Crippen LogP contribution in [0.1, 0.15) is 29.3 Å². The van der Waals surface area contributed by atoms with E-state index in [0.717, 1.165) is 34.0 Å². The number of pyridine rings is 1. The largest absolute Gasteiger partial charge is 0.345 e. The summed E-state index contributed by atoms with van der Waals surface area (Å²) in [5.74, 6) is -2.60. The summed E-state index contributed by atoms with van der Waals surface area (Å²) in [6.07, 6.45) is 3.72. The van der Waals surface area contributed by atoms with Crippen LogP contribution in [0.2, 0.25) is 0 Å². The first-order chi connectivity index (χ1) is 17.0. The quantitative estimate of drug-likeness (QED) is 0.261. The topological polar surface area (TPSA) is 74.8 Å². The van der Waals surface area contributed by atoms with Gasteiger partial charge in [0, 0.05) is 34.7 Å². The fourth-order valence-electron chi connectivity index (χ4n) is 4.15. The Hall–Kier alpha value is -3.91. The smallest absolute Gasteiger partial charge is 0.201 e. The lowest BCUT2D eigenvalue weighted by molar-refractivity contribution is 0.103. The van der Waals surface area contributed by atoms with Crippen molar-refractivity contribution < 1.29 is 17.8 Å². The molecule has 2 aromatic heterocycles. The van der Waals surface area contributed by atoms with Gasteiger partial charge in [-0.15, -0.1) is 0 Å². The Morgan fingerprint density at radius 2 is 1.86 bits per heavy atom. The fourth-order valence-corrected chi connectivity index (χ4v) is 5.02. The Balaban J connectivity index is 1.60. The van der Waals surface area contributed by atoms with Crippen LogP contribution >= 0.6 is 0 Å². The number of halogens is 2. The maximum absolute atomic E-state index is 15.2. The minimum atomic E-state index is -1.54. The molecule has 0 aliphatic rings. The van der Waals surface area contributed by atoms with E-state index in [9.17, 15) is 13.4 Å². The summed E-state index contributed by atoms with van der Waals surface area (Å²) >= 11 is 0. The summed E-state index contributed by atoms with van der Waals surface area (Å²) in [4.78, 5) is 20.7. The summed E-state index contributed by atoms with van der Waals surface area (Å²) in [5.41, 5.74) is 1.33. The van der Waals surface area contributed by atoms with Crippen molar-refractivity contribution in [3.05, 3.63) is 95.8 Å². The minimum Gasteiger partial charge on any atom is -0.345 e. The van der Waals surface area contributed by atoms with E-state index in [4.69, 9.17) is 0 Å². The maximum atomic E-state index is 15.2. The van der Waals surface area contributed by atoms with Crippen molar-refractivity contribution in [3.8, 4) is 11.1 Å². The first-order valence-electron chi connectivity index (χ1n) is 11.1. The highest BCUT2D eigenvalue weighted by Crippen LogP contribution is 2.32. The number of carbonyl (C=O) groups excluding carboxylic acids is 1. The second-order valence-electron chi connectivity index (χ2n) is 8.11. The molecule has 0 saturated carbocycles. The first kappa shape index (κ1) is 22.9. The van der Waals surface area contributed by atoms with E-state index < -0.39 is 34.0 Å². The van der Waals surface area contributed by atoms with Gasteiger partial charge in [0.1, 0.15) is 22.5 Å². The predicted octanol–water partition coefficient (Wildman–Crippen LogP) is 6.38. The monoisotopic (exact) mass is 489 g/mol. The molecule has 1 unspecified atom stereocenters. The molecular formula is C27H21F2N3O2S. The van der Waals surface area contributed by atoms with Crippen molar-refractivity contribution in [1.29, 1.82) is 0 Å². The summed E-state index contributed by atoms with van der Waals surface area (Å²) in [5, 5.41) is 2.53. The van der Waals surface area contributed by atoms with Crippen LogP contribution in [-0.2, 0) is 11.0 Å². The predicted molar refractivity (Wildman–Crippen MR) is 136 cm³/mol. The number of hydrogen-bond donors (Lipinski definition) is 2. The molecule has 0 amide bonds. The Kier molecular flexibility index (Phi) is 6.13. The highest BCUT2D eigenvalue weighted by atomic mass is 32.2. The number of hydrogen-bond acceptors (Lipinski definition) is 3. The molecule has 0 aliphatic carbocycles. The lowest BCUT2D eigenvalue weighted by Crippen LogP contribution is -2.13. The van der Waals surface area contributed by atoms with Crippen molar-refractivity contribution in [2.75, 3.05) is 10.5 Å². The SMILES string of the molecule is CCCS(=O)Nc1ccc(F)c(C(=O)c2c[nH]c3ncc(-c4cccc5ccccc45)cc23)c1F. The fraction of sp³-hybridized carbons (Fsp3) is 0.111. The zero-order chi connectivity index (χ0) is 24.5. The molecule has 0 aliphatic heterocycles. The van der Waals surface area contributed by atoms with Crippen LogP contribution in [0, 0.1) is 11.6 Å². The van der Waals surface area contributed by atoms with Crippen LogP contribution in [0.15, 0.2) is 73.1 Å². The van der Waals surface area contributed by atoms with E-state index in [2.05, 4.69) is 14.7 Å². The average Bonchev–Trinajstić information content (AvgIpc) is 3.29. The van der Waals surface area contributed by atoms with Crippen LogP contribution < -0.4 is 4.72 Å². The Morgan fingerprint density at radius 1 is 1.06 bits per heavy atom. The molecule has 1 atom stereocenters. The Bertz CT molecular complexity index is 1610. The zero-order valence-corrected chi connectivity index (χ0v) is 19.6. The van der Waals surface area contributed by atoms with Gasteiger partial charge in [-0.1, -0.05) is 49.4 Å². The second-order valence-corrected chi connectivity index (χ2v) is 9.42. The van der Waals surface area contributed by atoms with Crippen molar-refractivity contribution in [3.63, 3.8) is 0 Å². The van der Waals surface area contributed by atoms with Crippen molar-refractivity contribution in [2.45, 2.75) is 13.3 Å². The van der Waals surface area contributed by atoms with E-state index >= 15 is 4.39 Å². The number of benzene rings is 3. The zero-order valence-electron chi connectivity index (χ0n) is 18.8. The Labute approximate surface area is 202 Å². The number of nitrogens with one attached hydrogen (secondary N) is 2. The van der Waals surface area contributed by atoms with Gasteiger partial charge in [-0.05, 0) is 41.0 Å². The van der Waals surface area contributed by atoms with Crippen LogP contribution in [0.25, 0.3) is 32.9 Å². The van der Waals surface area contributed by atoms with Crippen LogP contribution in [0.5, 0.6) is 0 Å². The van der Waals surface area contributed by atoms with Crippen LogP contribution in [-0.4, -0.2) is 25.7 Å². The number of carbonyl (C=O) groups is 1. The van der Waals surface area contributed by atoms with E-state index in [1.807, 2.05) is 49.4 Å². The molecule has 5 rings (SSSR count). The molecule has 2 N–H and O–H groups in total. The maximum Gasteiger partial charge on any atom is 0.201 e. The number of aromatic nitrogens is 2. The standard InChI is InChI=1S/C27H21F2N3O2S/c1-2-12-35(34)32-23-11-10-22(28)24(25(23)29)26(33)21-15-31-27-20(21)13-17(14-30-27)19-9-5-7-16-6-3-4-8-18(16)19/h3-11,13-15,32H,2,12H2,1H3,(H,30,31). The van der Waals surface area contributed by atoms with Gasteiger partial charge in [-0.25, -0.2) is 18.0 Å². The van der Waals surface area contributed by atoms with Gasteiger partial charge in [0.2, 0.25) is 5.78 Å². The molecular weight excluding hydrogens is 468 g/mol. The molecule has 3 aromatic carbocycles. The first-order valence-corrected chi connectivity index (χ1v) is 12.4. The van der Waals surface area contributed by atoms with E-state index in [1.165, 1.54) is 6.20 Å². The molecule has 0 fully saturated rings. The number of anilines is 1. The molecule has 8 heteroatoms. The molecule has 2 heterocycles. The summed E-state index contributed by atoms with van der Waals surface area (Å²) in [6.45, 7) is 1.84. The van der Waals surface area contributed by atoms with Gasteiger partial charge in [-0.2, -0.15) is 0 Å². The number of H-pyrrole nitrogens is 1. The van der Waals surface area contributed by atoms with E-state index in [-0.39, 0.29) is 11.3 Å². The third-order valence-electron chi connectivity index (χ3n) is 5.81. The number of ketones is 1. The van der Waals surface area contributed by atoms with Gasteiger partial charge in [0.05, 0.1) is 11.3 Å².